The number of ether oxygens (including phenoxy) is 1. The van der Waals surface area contributed by atoms with E-state index in [1.54, 1.807) is 13.8 Å². The topological polar surface area (TPSA) is 64.3 Å². The van der Waals surface area contributed by atoms with Crippen LogP contribution in [-0.2, 0) is 9.53 Å². The molecule has 1 saturated carbocycles. The van der Waals surface area contributed by atoms with Crippen molar-refractivity contribution in [1.82, 2.24) is 5.32 Å². The molecule has 2 unspecified atom stereocenters. The molecule has 0 aromatic carbocycles. The van der Waals surface area contributed by atoms with E-state index in [4.69, 9.17) is 10.5 Å². The molecule has 114 valence electrons. The van der Waals surface area contributed by atoms with Gasteiger partial charge in [0.2, 0.25) is 5.91 Å². The van der Waals surface area contributed by atoms with E-state index in [0.717, 1.165) is 0 Å². The Hall–Kier alpha value is -0.530. The van der Waals surface area contributed by atoms with Crippen LogP contribution in [0.5, 0.6) is 0 Å². The zero-order chi connectivity index (χ0) is 14.2. The van der Waals surface area contributed by atoms with Crippen LogP contribution < -0.4 is 11.1 Å². The van der Waals surface area contributed by atoms with E-state index in [2.05, 4.69) is 0 Å². The Morgan fingerprint density at radius 3 is 2.37 bits per heavy atom. The first-order valence-electron chi connectivity index (χ1n) is 5.80. The second kappa shape index (κ2) is 5.85. The van der Waals surface area contributed by atoms with Crippen molar-refractivity contribution in [3.8, 4) is 0 Å². The third kappa shape index (κ3) is 3.52. The molecular formula is C11H20ClF3N2O2. The molecule has 1 fully saturated rings. The van der Waals surface area contributed by atoms with Gasteiger partial charge in [-0.15, -0.1) is 12.4 Å². The monoisotopic (exact) mass is 304 g/mol. The third-order valence-corrected chi connectivity index (χ3v) is 3.68. The Morgan fingerprint density at radius 2 is 2.00 bits per heavy atom. The number of carbonyl (C=O) groups is 1. The Kier molecular flexibility index (Phi) is 5.68. The number of carbonyl (C=O) groups excluding carboxylic acids is 1. The molecule has 2 atom stereocenters. The molecular weight excluding hydrogens is 285 g/mol. The van der Waals surface area contributed by atoms with Gasteiger partial charge in [-0.2, -0.15) is 13.2 Å². The standard InChI is InChI=1S/C11H19F3N2O2.ClH/c1-4-18-7-5-10(15,9(7,2)3)8(17)16-6-11(12,13)14;/h7H,4-6,15H2,1-3H3,(H,16,17);1H. The van der Waals surface area contributed by atoms with Crippen LogP contribution >= 0.6 is 12.4 Å². The first kappa shape index (κ1) is 18.5. The summed E-state index contributed by atoms with van der Waals surface area (Å²) in [6.07, 6.45) is -4.40. The minimum absolute atomic E-state index is 0. The summed E-state index contributed by atoms with van der Waals surface area (Å²) in [6.45, 7) is 4.39. The number of alkyl halides is 3. The summed E-state index contributed by atoms with van der Waals surface area (Å²) >= 11 is 0. The summed E-state index contributed by atoms with van der Waals surface area (Å²) in [5.41, 5.74) is 3.93. The molecule has 0 bridgehead atoms. The maximum absolute atomic E-state index is 12.0. The van der Waals surface area contributed by atoms with Crippen LogP contribution in [0.2, 0.25) is 0 Å². The highest BCUT2D eigenvalue weighted by Gasteiger charge is 2.63. The number of hydrogen-bond donors (Lipinski definition) is 2. The van der Waals surface area contributed by atoms with Gasteiger partial charge < -0.3 is 15.8 Å². The van der Waals surface area contributed by atoms with Gasteiger partial charge in [0, 0.05) is 18.4 Å². The van der Waals surface area contributed by atoms with Crippen LogP contribution in [0.1, 0.15) is 27.2 Å². The zero-order valence-electron chi connectivity index (χ0n) is 11.1. The number of amides is 1. The highest BCUT2D eigenvalue weighted by molar-refractivity contribution is 5.88. The van der Waals surface area contributed by atoms with Crippen LogP contribution in [0, 0.1) is 5.41 Å². The van der Waals surface area contributed by atoms with Gasteiger partial charge in [-0.3, -0.25) is 4.79 Å². The molecule has 1 aliphatic rings. The molecule has 0 radical (unpaired) electrons. The summed E-state index contributed by atoms with van der Waals surface area (Å²) < 4.78 is 41.5. The number of halogens is 4. The maximum atomic E-state index is 12.0. The van der Waals surface area contributed by atoms with Gasteiger partial charge in [0.25, 0.3) is 0 Å². The van der Waals surface area contributed by atoms with E-state index in [0.29, 0.717) is 6.61 Å². The highest BCUT2D eigenvalue weighted by Crippen LogP contribution is 2.49. The third-order valence-electron chi connectivity index (χ3n) is 3.68. The van der Waals surface area contributed by atoms with Crippen molar-refractivity contribution in [1.29, 1.82) is 0 Å². The number of rotatable bonds is 4. The molecule has 0 spiro atoms. The summed E-state index contributed by atoms with van der Waals surface area (Å²) in [4.78, 5) is 11.8. The fraction of sp³-hybridized carbons (Fsp3) is 0.909. The smallest absolute Gasteiger partial charge is 0.378 e. The second-order valence-corrected chi connectivity index (χ2v) is 5.14. The lowest BCUT2D eigenvalue weighted by Crippen LogP contribution is -2.76. The lowest BCUT2D eigenvalue weighted by molar-refractivity contribution is -0.175. The van der Waals surface area contributed by atoms with Crippen molar-refractivity contribution in [2.45, 2.75) is 45.0 Å². The Morgan fingerprint density at radius 1 is 1.47 bits per heavy atom. The van der Waals surface area contributed by atoms with Crippen molar-refractivity contribution < 1.29 is 22.7 Å². The summed E-state index contributed by atoms with van der Waals surface area (Å²) in [7, 11) is 0. The maximum Gasteiger partial charge on any atom is 0.405 e. The van der Waals surface area contributed by atoms with Crippen LogP contribution in [0.3, 0.4) is 0 Å². The van der Waals surface area contributed by atoms with E-state index in [-0.39, 0.29) is 24.9 Å². The predicted octanol–water partition coefficient (Wildman–Crippen LogP) is 1.62. The number of nitrogens with one attached hydrogen (secondary N) is 1. The molecule has 1 aliphatic carbocycles. The lowest BCUT2D eigenvalue weighted by Gasteiger charge is -2.57. The molecule has 3 N–H and O–H groups in total. The molecule has 19 heavy (non-hydrogen) atoms. The Bertz CT molecular complexity index is 336. The number of nitrogens with two attached hydrogens (primary N) is 1. The molecule has 1 amide bonds. The Balaban J connectivity index is 0.00000324. The van der Waals surface area contributed by atoms with Crippen molar-refractivity contribution in [3.05, 3.63) is 0 Å². The van der Waals surface area contributed by atoms with E-state index in [9.17, 15) is 18.0 Å². The molecule has 0 aromatic rings. The van der Waals surface area contributed by atoms with E-state index >= 15 is 0 Å². The van der Waals surface area contributed by atoms with Gasteiger partial charge in [-0.05, 0) is 6.92 Å². The average molecular weight is 305 g/mol. The second-order valence-electron chi connectivity index (χ2n) is 5.14. The summed E-state index contributed by atoms with van der Waals surface area (Å²) in [6, 6.07) is 0. The van der Waals surface area contributed by atoms with Crippen molar-refractivity contribution in [2.24, 2.45) is 11.1 Å². The summed E-state index contributed by atoms with van der Waals surface area (Å²) in [5.74, 6) is -0.777. The Labute approximate surface area is 116 Å². The SMILES string of the molecule is CCOC1CC(N)(C(=O)NCC(F)(F)F)C1(C)C.Cl. The van der Waals surface area contributed by atoms with Crippen molar-refractivity contribution in [3.63, 3.8) is 0 Å². The van der Waals surface area contributed by atoms with Crippen LogP contribution in [0.4, 0.5) is 13.2 Å². The minimum Gasteiger partial charge on any atom is -0.378 e. The van der Waals surface area contributed by atoms with Gasteiger partial charge in [0.15, 0.2) is 0 Å². The molecule has 4 nitrogen and oxygen atoms in total. The lowest BCUT2D eigenvalue weighted by atomic mass is 9.54. The molecule has 0 aliphatic heterocycles. The molecule has 0 saturated heterocycles. The first-order valence-corrected chi connectivity index (χ1v) is 5.80. The van der Waals surface area contributed by atoms with Gasteiger partial charge in [0.1, 0.15) is 12.1 Å². The van der Waals surface area contributed by atoms with E-state index in [1.165, 1.54) is 0 Å². The normalized spacial score (nSPS) is 29.1. The van der Waals surface area contributed by atoms with Crippen LogP contribution in [-0.4, -0.2) is 36.9 Å². The average Bonchev–Trinajstić information content (AvgIpc) is 2.24. The number of hydrogen-bond acceptors (Lipinski definition) is 3. The fourth-order valence-corrected chi connectivity index (χ4v) is 2.16. The van der Waals surface area contributed by atoms with E-state index in [1.807, 2.05) is 12.2 Å². The van der Waals surface area contributed by atoms with Gasteiger partial charge >= 0.3 is 6.18 Å². The van der Waals surface area contributed by atoms with Crippen molar-refractivity contribution >= 4 is 18.3 Å². The van der Waals surface area contributed by atoms with Crippen molar-refractivity contribution in [2.75, 3.05) is 13.2 Å². The van der Waals surface area contributed by atoms with Gasteiger partial charge in [-0.25, -0.2) is 0 Å². The first-order chi connectivity index (χ1) is 8.04. The largest absolute Gasteiger partial charge is 0.405 e. The predicted molar refractivity (Wildman–Crippen MR) is 67.0 cm³/mol. The minimum atomic E-state index is -4.43. The quantitative estimate of drug-likeness (QED) is 0.829. The molecule has 0 heterocycles. The van der Waals surface area contributed by atoms with E-state index < -0.39 is 29.6 Å². The molecule has 1 rings (SSSR count). The van der Waals surface area contributed by atoms with Crippen LogP contribution in [0.15, 0.2) is 0 Å². The van der Waals surface area contributed by atoms with Gasteiger partial charge in [-0.1, -0.05) is 13.8 Å². The van der Waals surface area contributed by atoms with Crippen LogP contribution in [0.25, 0.3) is 0 Å². The molecule has 8 heteroatoms. The highest BCUT2D eigenvalue weighted by atomic mass is 35.5. The fourth-order valence-electron chi connectivity index (χ4n) is 2.16. The molecule has 0 aromatic heterocycles. The van der Waals surface area contributed by atoms with Gasteiger partial charge in [0.05, 0.1) is 6.10 Å². The summed E-state index contributed by atoms with van der Waals surface area (Å²) in [5, 5.41) is 1.84. The zero-order valence-corrected chi connectivity index (χ0v) is 12.0.